The molecule has 166 valence electrons. The van der Waals surface area contributed by atoms with Crippen LogP contribution < -0.4 is 9.47 Å². The summed E-state index contributed by atoms with van der Waals surface area (Å²) in [6, 6.07) is 16.9. The van der Waals surface area contributed by atoms with Crippen molar-refractivity contribution in [1.29, 1.82) is 0 Å². The number of hydrogen-bond donors (Lipinski definition) is 0. The minimum absolute atomic E-state index is 0.260. The molecule has 0 unspecified atom stereocenters. The number of benzene rings is 2. The van der Waals surface area contributed by atoms with E-state index >= 15 is 0 Å². The van der Waals surface area contributed by atoms with Crippen LogP contribution in [0.1, 0.15) is 38.5 Å². The second-order valence-corrected chi connectivity index (χ2v) is 9.42. The van der Waals surface area contributed by atoms with E-state index in [1.54, 1.807) is 0 Å². The second kappa shape index (κ2) is 8.37. The lowest BCUT2D eigenvalue weighted by Gasteiger charge is -2.43. The molecule has 3 aromatic rings. The number of para-hydroxylation sites is 1. The Labute approximate surface area is 193 Å². The first kappa shape index (κ1) is 20.0. The zero-order valence-corrected chi connectivity index (χ0v) is 19.0. The summed E-state index contributed by atoms with van der Waals surface area (Å²) in [6.07, 6.45) is 8.02. The van der Waals surface area contributed by atoms with Crippen LogP contribution in [0.4, 0.5) is 0 Å². The lowest BCUT2D eigenvalue weighted by molar-refractivity contribution is 0.0324. The molecule has 1 saturated carbocycles. The topological polar surface area (TPSA) is 44.5 Å². The van der Waals surface area contributed by atoms with E-state index < -0.39 is 0 Å². The van der Waals surface area contributed by atoms with Gasteiger partial charge in [0.25, 0.3) is 0 Å². The molecular formula is C25H28N4O2S. The Morgan fingerprint density at radius 1 is 0.938 bits per heavy atom. The van der Waals surface area contributed by atoms with Crippen LogP contribution in [-0.4, -0.2) is 38.6 Å². The molecule has 32 heavy (non-hydrogen) atoms. The molecular weight excluding hydrogens is 420 g/mol. The van der Waals surface area contributed by atoms with Gasteiger partial charge in [-0.05, 0) is 74.2 Å². The van der Waals surface area contributed by atoms with E-state index in [0.717, 1.165) is 52.5 Å². The first-order chi connectivity index (χ1) is 15.8. The van der Waals surface area contributed by atoms with Gasteiger partial charge in [-0.15, -0.1) is 5.10 Å². The first-order valence-corrected chi connectivity index (χ1v) is 12.1. The average Bonchev–Trinajstić information content (AvgIpc) is 3.44. The zero-order chi connectivity index (χ0) is 21.5. The maximum absolute atomic E-state index is 5.99. The molecule has 0 bridgehead atoms. The molecule has 2 fully saturated rings. The number of hydrogen-bond acceptors (Lipinski definition) is 5. The molecule has 2 aliphatic heterocycles. The lowest BCUT2D eigenvalue weighted by Crippen LogP contribution is -2.47. The lowest BCUT2D eigenvalue weighted by atomic mass is 9.78. The second-order valence-electron chi connectivity index (χ2n) is 9.05. The van der Waals surface area contributed by atoms with E-state index in [-0.39, 0.29) is 6.79 Å². The fourth-order valence-electron chi connectivity index (χ4n) is 5.61. The SMILES string of the molecule is S=c1n(CN2CCC[C@@H]3CCCC[C@H]32)nc(-c2ccc3c(c2)OCO3)n1-c1ccccc1. The molecule has 1 saturated heterocycles. The first-order valence-electron chi connectivity index (χ1n) is 11.7. The molecule has 1 aromatic heterocycles. The van der Waals surface area contributed by atoms with Gasteiger partial charge in [0, 0.05) is 23.8 Å². The van der Waals surface area contributed by atoms with Gasteiger partial charge < -0.3 is 9.47 Å². The third-order valence-corrected chi connectivity index (χ3v) is 7.55. The highest BCUT2D eigenvalue weighted by Gasteiger charge is 2.33. The maximum Gasteiger partial charge on any atom is 0.231 e. The molecule has 2 atom stereocenters. The number of likely N-dealkylation sites (tertiary alicyclic amines) is 1. The van der Waals surface area contributed by atoms with Crippen molar-refractivity contribution in [3.63, 3.8) is 0 Å². The van der Waals surface area contributed by atoms with E-state index in [0.29, 0.717) is 6.04 Å². The van der Waals surface area contributed by atoms with Crippen molar-refractivity contribution >= 4 is 12.2 Å². The summed E-state index contributed by atoms with van der Waals surface area (Å²) >= 11 is 5.99. The minimum Gasteiger partial charge on any atom is -0.454 e. The number of ether oxygens (including phenoxy) is 2. The van der Waals surface area contributed by atoms with Gasteiger partial charge in [-0.1, -0.05) is 31.0 Å². The van der Waals surface area contributed by atoms with Crippen LogP contribution in [0.2, 0.25) is 0 Å². The summed E-state index contributed by atoms with van der Waals surface area (Å²) in [4.78, 5) is 2.62. The third-order valence-electron chi connectivity index (χ3n) is 7.16. The Hall–Kier alpha value is -2.64. The molecule has 0 amide bonds. The Morgan fingerprint density at radius 2 is 1.75 bits per heavy atom. The number of piperidine rings is 1. The fourth-order valence-corrected chi connectivity index (χ4v) is 5.90. The molecule has 1 aliphatic carbocycles. The Bertz CT molecular complexity index is 1170. The van der Waals surface area contributed by atoms with Crippen LogP contribution in [0.3, 0.4) is 0 Å². The van der Waals surface area contributed by atoms with Crippen molar-refractivity contribution < 1.29 is 9.47 Å². The van der Waals surface area contributed by atoms with Crippen molar-refractivity contribution in [1.82, 2.24) is 19.2 Å². The predicted molar refractivity (Wildman–Crippen MR) is 126 cm³/mol. The summed E-state index contributed by atoms with van der Waals surface area (Å²) in [6.45, 7) is 2.13. The Balaban J connectivity index is 1.41. The van der Waals surface area contributed by atoms with Crippen LogP contribution in [-0.2, 0) is 6.67 Å². The molecule has 6 nitrogen and oxygen atoms in total. The van der Waals surface area contributed by atoms with Crippen molar-refractivity contribution in [2.75, 3.05) is 13.3 Å². The molecule has 0 radical (unpaired) electrons. The van der Waals surface area contributed by atoms with Crippen LogP contribution >= 0.6 is 12.2 Å². The molecule has 2 aromatic carbocycles. The van der Waals surface area contributed by atoms with E-state index in [9.17, 15) is 0 Å². The van der Waals surface area contributed by atoms with Gasteiger partial charge in [0.2, 0.25) is 11.6 Å². The highest BCUT2D eigenvalue weighted by Crippen LogP contribution is 2.37. The molecule has 0 spiro atoms. The van der Waals surface area contributed by atoms with Gasteiger partial charge >= 0.3 is 0 Å². The highest BCUT2D eigenvalue weighted by atomic mass is 32.1. The number of nitrogens with zero attached hydrogens (tertiary/aromatic N) is 4. The standard InChI is InChI=1S/C25H28N4O2S/c32-25-28(16-27-14-6-8-18-7-4-5-11-21(18)27)26-24(29(25)20-9-2-1-3-10-20)19-12-13-22-23(15-19)31-17-30-22/h1-3,9-10,12-13,15,18,21H,4-8,11,14,16-17H2/t18-,21+/m0/s1. The van der Waals surface area contributed by atoms with E-state index in [1.165, 1.54) is 38.5 Å². The van der Waals surface area contributed by atoms with Crippen LogP contribution in [0.5, 0.6) is 11.5 Å². The van der Waals surface area contributed by atoms with Gasteiger partial charge in [0.1, 0.15) is 0 Å². The number of aromatic nitrogens is 3. The third kappa shape index (κ3) is 3.53. The summed E-state index contributed by atoms with van der Waals surface area (Å²) < 4.78 is 15.9. The predicted octanol–water partition coefficient (Wildman–Crippen LogP) is 5.41. The van der Waals surface area contributed by atoms with Gasteiger partial charge in [-0.3, -0.25) is 9.47 Å². The monoisotopic (exact) mass is 448 g/mol. The summed E-state index contributed by atoms with van der Waals surface area (Å²) in [5.41, 5.74) is 1.99. The summed E-state index contributed by atoms with van der Waals surface area (Å²) in [5.74, 6) is 3.19. The van der Waals surface area contributed by atoms with E-state index in [1.807, 2.05) is 41.1 Å². The average molecular weight is 449 g/mol. The van der Waals surface area contributed by atoms with Gasteiger partial charge in [0.05, 0.1) is 6.67 Å². The summed E-state index contributed by atoms with van der Waals surface area (Å²) in [5, 5.41) is 5.05. The highest BCUT2D eigenvalue weighted by molar-refractivity contribution is 7.71. The Morgan fingerprint density at radius 3 is 2.66 bits per heavy atom. The fraction of sp³-hybridized carbons (Fsp3) is 0.440. The zero-order valence-electron chi connectivity index (χ0n) is 18.2. The number of fused-ring (bicyclic) bond motifs is 2. The molecule has 3 aliphatic rings. The van der Waals surface area contributed by atoms with E-state index in [2.05, 4.69) is 21.6 Å². The molecule has 3 heterocycles. The van der Waals surface area contributed by atoms with Gasteiger partial charge in [-0.25, -0.2) is 4.68 Å². The normalized spacial score (nSPS) is 22.6. The smallest absolute Gasteiger partial charge is 0.231 e. The van der Waals surface area contributed by atoms with Gasteiger partial charge in [-0.2, -0.15) is 0 Å². The van der Waals surface area contributed by atoms with Gasteiger partial charge in [0.15, 0.2) is 17.3 Å². The van der Waals surface area contributed by atoms with Crippen molar-refractivity contribution in [3.05, 3.63) is 53.3 Å². The number of rotatable bonds is 4. The van der Waals surface area contributed by atoms with E-state index in [4.69, 9.17) is 26.8 Å². The Kier molecular flexibility index (Phi) is 5.23. The summed E-state index contributed by atoms with van der Waals surface area (Å²) in [7, 11) is 0. The maximum atomic E-state index is 5.99. The van der Waals surface area contributed by atoms with Crippen molar-refractivity contribution in [2.45, 2.75) is 51.2 Å². The van der Waals surface area contributed by atoms with Crippen LogP contribution in [0.25, 0.3) is 17.1 Å². The van der Waals surface area contributed by atoms with Crippen molar-refractivity contribution in [2.24, 2.45) is 5.92 Å². The van der Waals surface area contributed by atoms with Crippen LogP contribution in [0.15, 0.2) is 48.5 Å². The molecule has 7 heteroatoms. The quantitative estimate of drug-likeness (QED) is 0.499. The minimum atomic E-state index is 0.260. The van der Waals surface area contributed by atoms with Crippen LogP contribution in [0, 0.1) is 10.7 Å². The largest absolute Gasteiger partial charge is 0.454 e. The molecule has 6 rings (SSSR count). The van der Waals surface area contributed by atoms with Crippen molar-refractivity contribution in [3.8, 4) is 28.6 Å². The molecule has 0 N–H and O–H groups in total.